The van der Waals surface area contributed by atoms with Gasteiger partial charge < -0.3 is 14.2 Å². The van der Waals surface area contributed by atoms with Crippen molar-refractivity contribution >= 4 is 23.3 Å². The molecule has 0 N–H and O–H groups in total. The summed E-state index contributed by atoms with van der Waals surface area (Å²) in [5.74, 6) is 0.383. The SMILES string of the molecule is Cc1nn(CC(=O)OCc2cc(Cl)c3c(c2)OCO3)c(C)c1[N+](=O)[O-]. The minimum absolute atomic E-state index is 0.0173. The zero-order valence-electron chi connectivity index (χ0n) is 13.4. The van der Waals surface area contributed by atoms with Crippen LogP contribution in [0.3, 0.4) is 0 Å². The number of benzene rings is 1. The average molecular weight is 368 g/mol. The molecule has 132 valence electrons. The lowest BCUT2D eigenvalue weighted by Gasteiger charge is -2.08. The molecule has 25 heavy (non-hydrogen) atoms. The van der Waals surface area contributed by atoms with Crippen LogP contribution in [-0.4, -0.2) is 27.5 Å². The minimum Gasteiger partial charge on any atom is -0.459 e. The highest BCUT2D eigenvalue weighted by atomic mass is 35.5. The summed E-state index contributed by atoms with van der Waals surface area (Å²) in [4.78, 5) is 22.5. The summed E-state index contributed by atoms with van der Waals surface area (Å²) in [6.45, 7) is 2.90. The molecular formula is C15H14ClN3O6. The summed E-state index contributed by atoms with van der Waals surface area (Å²) in [6.07, 6.45) is 0. The lowest BCUT2D eigenvalue weighted by Crippen LogP contribution is -2.15. The normalized spacial score (nSPS) is 12.3. The first-order valence-electron chi connectivity index (χ1n) is 7.29. The summed E-state index contributed by atoms with van der Waals surface area (Å²) in [5, 5.41) is 15.4. The van der Waals surface area contributed by atoms with Gasteiger partial charge >= 0.3 is 11.7 Å². The standard InChI is InChI=1S/C15H14ClN3O6/c1-8-14(19(21)22)9(2)18(17-8)5-13(20)23-6-10-3-11(16)15-12(4-10)24-7-25-15/h3-4H,5-7H2,1-2H3. The van der Waals surface area contributed by atoms with Gasteiger partial charge in [-0.05, 0) is 31.5 Å². The van der Waals surface area contributed by atoms with E-state index >= 15 is 0 Å². The molecule has 0 unspecified atom stereocenters. The predicted molar refractivity (Wildman–Crippen MR) is 85.7 cm³/mol. The zero-order chi connectivity index (χ0) is 18.1. The number of ether oxygens (including phenoxy) is 3. The smallest absolute Gasteiger partial charge is 0.328 e. The van der Waals surface area contributed by atoms with E-state index in [4.69, 9.17) is 25.8 Å². The molecular weight excluding hydrogens is 354 g/mol. The molecule has 3 rings (SSSR count). The second-order valence-electron chi connectivity index (χ2n) is 5.41. The molecule has 1 aromatic carbocycles. The fourth-order valence-electron chi connectivity index (χ4n) is 2.54. The van der Waals surface area contributed by atoms with Crippen molar-refractivity contribution in [3.63, 3.8) is 0 Å². The Kier molecular flexibility index (Phi) is 4.49. The summed E-state index contributed by atoms with van der Waals surface area (Å²) in [6, 6.07) is 3.30. The molecule has 0 aliphatic carbocycles. The number of fused-ring (bicyclic) bond motifs is 1. The molecule has 1 aromatic heterocycles. The molecule has 0 bridgehead atoms. The Morgan fingerprint density at radius 2 is 2.20 bits per heavy atom. The largest absolute Gasteiger partial charge is 0.459 e. The van der Waals surface area contributed by atoms with E-state index in [1.165, 1.54) is 18.5 Å². The number of hydrogen-bond acceptors (Lipinski definition) is 7. The van der Waals surface area contributed by atoms with Gasteiger partial charge in [0.15, 0.2) is 11.5 Å². The number of halogens is 1. The van der Waals surface area contributed by atoms with Gasteiger partial charge in [-0.15, -0.1) is 0 Å². The Bertz CT molecular complexity index is 863. The van der Waals surface area contributed by atoms with Crippen molar-refractivity contribution in [2.24, 2.45) is 0 Å². The van der Waals surface area contributed by atoms with Crippen LogP contribution in [0.1, 0.15) is 17.0 Å². The molecule has 10 heteroatoms. The fraction of sp³-hybridized carbons (Fsp3) is 0.333. The molecule has 2 heterocycles. The molecule has 1 aliphatic heterocycles. The summed E-state index contributed by atoms with van der Waals surface area (Å²) < 4.78 is 16.9. The molecule has 1 aliphatic rings. The minimum atomic E-state index is -0.575. The van der Waals surface area contributed by atoms with Crippen molar-refractivity contribution in [3.8, 4) is 11.5 Å². The zero-order valence-corrected chi connectivity index (χ0v) is 14.2. The van der Waals surface area contributed by atoms with E-state index in [1.807, 2.05) is 0 Å². The lowest BCUT2D eigenvalue weighted by atomic mass is 10.2. The average Bonchev–Trinajstić information content (AvgIpc) is 3.10. The van der Waals surface area contributed by atoms with Gasteiger partial charge in [0.05, 0.1) is 9.95 Å². The van der Waals surface area contributed by atoms with Gasteiger partial charge in [0.1, 0.15) is 24.5 Å². The first kappa shape index (κ1) is 17.0. The van der Waals surface area contributed by atoms with Crippen molar-refractivity contribution in [1.82, 2.24) is 9.78 Å². The van der Waals surface area contributed by atoms with Crippen LogP contribution in [0.2, 0.25) is 5.02 Å². The van der Waals surface area contributed by atoms with E-state index < -0.39 is 10.9 Å². The number of hydrogen-bond donors (Lipinski definition) is 0. The number of nitrogens with zero attached hydrogens (tertiary/aromatic N) is 3. The highest BCUT2D eigenvalue weighted by molar-refractivity contribution is 6.32. The van der Waals surface area contributed by atoms with Gasteiger partial charge in [-0.3, -0.25) is 19.6 Å². The Morgan fingerprint density at radius 3 is 2.88 bits per heavy atom. The van der Waals surface area contributed by atoms with Crippen LogP contribution in [0.25, 0.3) is 0 Å². The van der Waals surface area contributed by atoms with Gasteiger partial charge in [-0.25, -0.2) is 0 Å². The van der Waals surface area contributed by atoms with Crippen molar-refractivity contribution in [1.29, 1.82) is 0 Å². The van der Waals surface area contributed by atoms with E-state index in [1.54, 1.807) is 12.1 Å². The molecule has 2 aromatic rings. The van der Waals surface area contributed by atoms with Gasteiger partial charge in [-0.1, -0.05) is 11.6 Å². The number of nitro groups is 1. The molecule has 0 amide bonds. The van der Waals surface area contributed by atoms with Gasteiger partial charge in [0.2, 0.25) is 6.79 Å². The molecule has 0 saturated heterocycles. The Morgan fingerprint density at radius 1 is 1.44 bits per heavy atom. The summed E-state index contributed by atoms with van der Waals surface area (Å²) >= 11 is 6.07. The Hall–Kier alpha value is -2.81. The van der Waals surface area contributed by atoms with Crippen LogP contribution in [0.5, 0.6) is 11.5 Å². The maximum atomic E-state index is 12.0. The van der Waals surface area contributed by atoms with Gasteiger partial charge in [0.25, 0.3) is 0 Å². The van der Waals surface area contributed by atoms with Crippen LogP contribution in [0.4, 0.5) is 5.69 Å². The highest BCUT2D eigenvalue weighted by Gasteiger charge is 2.23. The summed E-state index contributed by atoms with van der Waals surface area (Å²) in [5.41, 5.74) is 1.08. The number of aryl methyl sites for hydroxylation is 1. The lowest BCUT2D eigenvalue weighted by molar-refractivity contribution is -0.386. The number of rotatable bonds is 5. The van der Waals surface area contributed by atoms with Crippen molar-refractivity contribution in [2.75, 3.05) is 6.79 Å². The van der Waals surface area contributed by atoms with E-state index in [0.29, 0.717) is 27.8 Å². The van der Waals surface area contributed by atoms with E-state index in [0.717, 1.165) is 0 Å². The van der Waals surface area contributed by atoms with Crippen LogP contribution >= 0.6 is 11.6 Å². The Balaban J connectivity index is 1.65. The van der Waals surface area contributed by atoms with Gasteiger partial charge in [0, 0.05) is 0 Å². The first-order chi connectivity index (χ1) is 11.9. The molecule has 0 spiro atoms. The third-order valence-electron chi connectivity index (χ3n) is 3.69. The second-order valence-corrected chi connectivity index (χ2v) is 5.81. The third kappa shape index (κ3) is 3.36. The number of aromatic nitrogens is 2. The van der Waals surface area contributed by atoms with Crippen molar-refractivity contribution < 1.29 is 23.9 Å². The third-order valence-corrected chi connectivity index (χ3v) is 3.97. The van der Waals surface area contributed by atoms with Crippen LogP contribution < -0.4 is 9.47 Å². The van der Waals surface area contributed by atoms with Crippen molar-refractivity contribution in [2.45, 2.75) is 27.0 Å². The van der Waals surface area contributed by atoms with Crippen LogP contribution in [-0.2, 0) is 22.7 Å². The molecule has 0 radical (unpaired) electrons. The summed E-state index contributed by atoms with van der Waals surface area (Å²) in [7, 11) is 0. The molecule has 9 nitrogen and oxygen atoms in total. The monoisotopic (exact) mass is 367 g/mol. The molecule has 0 fully saturated rings. The number of esters is 1. The van der Waals surface area contributed by atoms with Gasteiger partial charge in [-0.2, -0.15) is 5.10 Å². The maximum Gasteiger partial charge on any atom is 0.328 e. The quantitative estimate of drug-likeness (QED) is 0.454. The molecule has 0 atom stereocenters. The van der Waals surface area contributed by atoms with Crippen LogP contribution in [0, 0.1) is 24.0 Å². The highest BCUT2D eigenvalue weighted by Crippen LogP contribution is 2.39. The van der Waals surface area contributed by atoms with E-state index in [9.17, 15) is 14.9 Å². The first-order valence-corrected chi connectivity index (χ1v) is 7.66. The Labute approximate surface area is 147 Å². The maximum absolute atomic E-state index is 12.0. The number of carbonyl (C=O) groups excluding carboxylic acids is 1. The second kappa shape index (κ2) is 6.60. The topological polar surface area (TPSA) is 106 Å². The van der Waals surface area contributed by atoms with E-state index in [-0.39, 0.29) is 31.3 Å². The number of carbonyl (C=O) groups is 1. The van der Waals surface area contributed by atoms with Crippen LogP contribution in [0.15, 0.2) is 12.1 Å². The van der Waals surface area contributed by atoms with Crippen molar-refractivity contribution in [3.05, 3.63) is 44.2 Å². The van der Waals surface area contributed by atoms with E-state index in [2.05, 4.69) is 5.10 Å². The predicted octanol–water partition coefficient (Wildman–Crippen LogP) is 2.53. The molecule has 0 saturated carbocycles. The fourth-order valence-corrected chi connectivity index (χ4v) is 2.83.